The molecule has 0 aliphatic carbocycles. The molecule has 0 heterocycles. The normalized spacial score (nSPS) is 14.8. The van der Waals surface area contributed by atoms with Crippen LogP contribution in [0.25, 0.3) is 0 Å². The SMILES string of the molecule is C[C@@H](N)C(=O)N[C@H](C)C(=O)N[C@@H](CCCCN)C(=O)N[C@@H](CCC(N)=O)C(=O)N[C@@H](CCCCN)C(=O)O. The predicted molar refractivity (Wildman–Crippen MR) is 139 cm³/mol. The Hall–Kier alpha value is -3.30. The summed E-state index contributed by atoms with van der Waals surface area (Å²) in [5, 5.41) is 19.3. The van der Waals surface area contributed by atoms with Crippen molar-refractivity contribution in [2.45, 2.75) is 95.4 Å². The minimum Gasteiger partial charge on any atom is -0.480 e. The zero-order chi connectivity index (χ0) is 29.3. The number of hydrogen-bond donors (Lipinski definition) is 9. The summed E-state index contributed by atoms with van der Waals surface area (Å²) < 4.78 is 0. The molecule has 0 rings (SSSR count). The second-order valence-corrected chi connectivity index (χ2v) is 9.11. The lowest BCUT2D eigenvalue weighted by Gasteiger charge is -2.25. The van der Waals surface area contributed by atoms with Gasteiger partial charge < -0.3 is 49.3 Å². The second kappa shape index (κ2) is 18.9. The van der Waals surface area contributed by atoms with Crippen molar-refractivity contribution in [2.75, 3.05) is 13.1 Å². The van der Waals surface area contributed by atoms with Crippen LogP contribution in [-0.2, 0) is 28.8 Å². The number of aliphatic carboxylic acids is 1. The lowest BCUT2D eigenvalue weighted by atomic mass is 10.0. The summed E-state index contributed by atoms with van der Waals surface area (Å²) in [5.74, 6) is -4.74. The van der Waals surface area contributed by atoms with Gasteiger partial charge in [0.1, 0.15) is 24.2 Å². The van der Waals surface area contributed by atoms with Gasteiger partial charge >= 0.3 is 5.97 Å². The minimum absolute atomic E-state index is 0.123. The molecule has 218 valence electrons. The molecule has 0 saturated heterocycles. The van der Waals surface area contributed by atoms with E-state index in [0.717, 1.165) is 0 Å². The summed E-state index contributed by atoms with van der Waals surface area (Å²) in [7, 11) is 0. The third kappa shape index (κ3) is 14.4. The van der Waals surface area contributed by atoms with Crippen LogP contribution >= 0.6 is 0 Å². The molecule has 0 aromatic heterocycles. The highest BCUT2D eigenvalue weighted by Gasteiger charge is 2.30. The molecule has 0 aromatic rings. The van der Waals surface area contributed by atoms with Gasteiger partial charge in [0.25, 0.3) is 0 Å². The van der Waals surface area contributed by atoms with Gasteiger partial charge in [0.2, 0.25) is 29.5 Å². The van der Waals surface area contributed by atoms with Crippen LogP contribution in [0.3, 0.4) is 0 Å². The second-order valence-electron chi connectivity index (χ2n) is 9.11. The lowest BCUT2D eigenvalue weighted by Crippen LogP contribution is -2.58. The molecule has 15 nitrogen and oxygen atoms in total. The van der Waals surface area contributed by atoms with Crippen molar-refractivity contribution < 1.29 is 33.9 Å². The molecule has 0 unspecified atom stereocenters. The predicted octanol–water partition coefficient (Wildman–Crippen LogP) is -3.10. The molecule has 0 saturated carbocycles. The summed E-state index contributed by atoms with van der Waals surface area (Å²) >= 11 is 0. The summed E-state index contributed by atoms with van der Waals surface area (Å²) in [6.45, 7) is 3.59. The third-order valence-corrected chi connectivity index (χ3v) is 5.62. The monoisotopic (exact) mass is 544 g/mol. The van der Waals surface area contributed by atoms with Crippen molar-refractivity contribution in [1.82, 2.24) is 21.3 Å². The molecule has 5 amide bonds. The zero-order valence-corrected chi connectivity index (χ0v) is 22.2. The van der Waals surface area contributed by atoms with Crippen LogP contribution in [-0.4, -0.2) is 83.9 Å². The summed E-state index contributed by atoms with van der Waals surface area (Å²) in [6.07, 6.45) is 1.90. The fourth-order valence-electron chi connectivity index (χ4n) is 3.32. The number of carboxylic acid groups (broad SMARTS) is 1. The molecule has 0 radical (unpaired) electrons. The van der Waals surface area contributed by atoms with E-state index in [-0.39, 0.29) is 25.7 Å². The van der Waals surface area contributed by atoms with E-state index in [2.05, 4.69) is 21.3 Å². The van der Waals surface area contributed by atoms with Crippen LogP contribution in [0.15, 0.2) is 0 Å². The number of primary amides is 1. The number of hydrogen-bond acceptors (Lipinski definition) is 9. The third-order valence-electron chi connectivity index (χ3n) is 5.62. The van der Waals surface area contributed by atoms with Crippen molar-refractivity contribution in [1.29, 1.82) is 0 Å². The summed E-state index contributed by atoms with van der Waals surface area (Å²) in [6, 6.07) is -5.47. The lowest BCUT2D eigenvalue weighted by molar-refractivity contribution is -0.142. The van der Waals surface area contributed by atoms with Crippen molar-refractivity contribution >= 4 is 35.5 Å². The van der Waals surface area contributed by atoms with Gasteiger partial charge in [0.05, 0.1) is 6.04 Å². The molecule has 0 aromatic carbocycles. The van der Waals surface area contributed by atoms with E-state index in [0.29, 0.717) is 38.8 Å². The average Bonchev–Trinajstić information content (AvgIpc) is 2.84. The molecule has 5 atom stereocenters. The van der Waals surface area contributed by atoms with Crippen LogP contribution in [0.2, 0.25) is 0 Å². The van der Waals surface area contributed by atoms with E-state index >= 15 is 0 Å². The standard InChI is InChI=1S/C23H44N8O7/c1-13(26)19(33)28-14(2)20(34)29-15(7-3-5-11-24)21(35)30-16(9-10-18(27)32)22(36)31-17(23(37)38)8-4-6-12-25/h13-17H,3-12,24-26H2,1-2H3,(H2,27,32)(H,28,33)(H,29,34)(H,30,35)(H,31,36)(H,37,38)/t13-,14-,15+,16+,17+/m1/s1. The Labute approximate surface area is 222 Å². The number of nitrogens with one attached hydrogen (secondary N) is 4. The van der Waals surface area contributed by atoms with Crippen LogP contribution in [0.1, 0.15) is 65.2 Å². The highest BCUT2D eigenvalue weighted by molar-refractivity contribution is 5.95. The Bertz CT molecular complexity index is 809. The average molecular weight is 545 g/mol. The van der Waals surface area contributed by atoms with Crippen LogP contribution in [0.4, 0.5) is 0 Å². The van der Waals surface area contributed by atoms with E-state index in [1.807, 2.05) is 0 Å². The maximum atomic E-state index is 13.1. The van der Waals surface area contributed by atoms with Gasteiger partial charge in [-0.05, 0) is 71.9 Å². The molecule has 0 bridgehead atoms. The van der Waals surface area contributed by atoms with Crippen molar-refractivity contribution in [2.24, 2.45) is 22.9 Å². The zero-order valence-electron chi connectivity index (χ0n) is 22.2. The first-order chi connectivity index (χ1) is 17.8. The van der Waals surface area contributed by atoms with Crippen LogP contribution in [0.5, 0.6) is 0 Å². The van der Waals surface area contributed by atoms with Gasteiger partial charge in [-0.15, -0.1) is 0 Å². The number of nitrogens with two attached hydrogens (primary N) is 4. The number of carboxylic acids is 1. The van der Waals surface area contributed by atoms with E-state index in [9.17, 15) is 33.9 Å². The van der Waals surface area contributed by atoms with Gasteiger partial charge in [-0.2, -0.15) is 0 Å². The quantitative estimate of drug-likeness (QED) is 0.0696. The van der Waals surface area contributed by atoms with Gasteiger partial charge in [-0.3, -0.25) is 24.0 Å². The Morgan fingerprint density at radius 3 is 1.55 bits per heavy atom. The van der Waals surface area contributed by atoms with E-state index in [4.69, 9.17) is 22.9 Å². The fourth-order valence-corrected chi connectivity index (χ4v) is 3.32. The van der Waals surface area contributed by atoms with Gasteiger partial charge in [-0.1, -0.05) is 0 Å². The molecule has 0 fully saturated rings. The number of amides is 5. The molecule has 0 spiro atoms. The Morgan fingerprint density at radius 1 is 0.658 bits per heavy atom. The molecule has 13 N–H and O–H groups in total. The summed E-state index contributed by atoms with van der Waals surface area (Å²) in [4.78, 5) is 73.4. The van der Waals surface area contributed by atoms with Gasteiger partial charge in [0.15, 0.2) is 0 Å². The van der Waals surface area contributed by atoms with Crippen molar-refractivity contribution in [3.05, 3.63) is 0 Å². The van der Waals surface area contributed by atoms with E-state index in [1.165, 1.54) is 13.8 Å². The topological polar surface area (TPSA) is 275 Å². The maximum Gasteiger partial charge on any atom is 0.326 e. The Kier molecular flexibility index (Phi) is 17.2. The first kappa shape index (κ1) is 34.7. The Morgan fingerprint density at radius 2 is 1.11 bits per heavy atom. The largest absolute Gasteiger partial charge is 0.480 e. The summed E-state index contributed by atoms with van der Waals surface area (Å²) in [5.41, 5.74) is 21.7. The molecule has 15 heteroatoms. The Balaban J connectivity index is 5.60. The first-order valence-electron chi connectivity index (χ1n) is 12.7. The molecular weight excluding hydrogens is 500 g/mol. The maximum absolute atomic E-state index is 13.1. The molecule has 0 aliphatic rings. The highest BCUT2D eigenvalue weighted by atomic mass is 16.4. The van der Waals surface area contributed by atoms with Gasteiger partial charge in [-0.25, -0.2) is 4.79 Å². The minimum atomic E-state index is -1.30. The molecular formula is C23H44N8O7. The molecule has 0 aliphatic heterocycles. The van der Waals surface area contributed by atoms with Crippen LogP contribution < -0.4 is 44.2 Å². The molecule has 38 heavy (non-hydrogen) atoms. The number of unbranched alkanes of at least 4 members (excludes halogenated alkanes) is 2. The van der Waals surface area contributed by atoms with Crippen LogP contribution in [0, 0.1) is 0 Å². The fraction of sp³-hybridized carbons (Fsp3) is 0.739. The number of carbonyl (C=O) groups excluding carboxylic acids is 5. The number of rotatable bonds is 20. The highest BCUT2D eigenvalue weighted by Crippen LogP contribution is 2.07. The van der Waals surface area contributed by atoms with Crippen molar-refractivity contribution in [3.63, 3.8) is 0 Å². The first-order valence-corrected chi connectivity index (χ1v) is 12.7. The number of carbonyl (C=O) groups is 6. The van der Waals surface area contributed by atoms with E-state index in [1.54, 1.807) is 0 Å². The smallest absolute Gasteiger partial charge is 0.326 e. The van der Waals surface area contributed by atoms with Gasteiger partial charge in [0, 0.05) is 6.42 Å². The van der Waals surface area contributed by atoms with Crippen molar-refractivity contribution in [3.8, 4) is 0 Å². The van der Waals surface area contributed by atoms with E-state index < -0.39 is 65.7 Å².